The van der Waals surface area contributed by atoms with Crippen LogP contribution in [-0.2, 0) is 10.0 Å². The van der Waals surface area contributed by atoms with Gasteiger partial charge in [0.2, 0.25) is 10.0 Å². The lowest BCUT2D eigenvalue weighted by molar-refractivity contribution is 0.380. The van der Waals surface area contributed by atoms with Crippen molar-refractivity contribution < 1.29 is 8.42 Å². The Balaban J connectivity index is 1.32. The summed E-state index contributed by atoms with van der Waals surface area (Å²) < 4.78 is 28.4. The van der Waals surface area contributed by atoms with Gasteiger partial charge >= 0.3 is 0 Å². The highest BCUT2D eigenvalue weighted by molar-refractivity contribution is 7.99. The van der Waals surface area contributed by atoms with E-state index in [1.54, 1.807) is 35.4 Å². The van der Waals surface area contributed by atoms with Crippen molar-refractivity contribution in [3.8, 4) is 0 Å². The van der Waals surface area contributed by atoms with Crippen LogP contribution in [0.4, 0.5) is 17.1 Å². The summed E-state index contributed by atoms with van der Waals surface area (Å²) in [6, 6.07) is 18.0. The summed E-state index contributed by atoms with van der Waals surface area (Å²) in [5.41, 5.74) is 3.91. The SMILES string of the molecule is CC(c1ccc2c(c1)Nc1ccccc1S2)S(=O)(=O)N1CCN(c2ccncc2)CC1. The van der Waals surface area contributed by atoms with E-state index in [0.717, 1.165) is 27.5 Å². The first-order chi connectivity index (χ1) is 15.0. The number of benzene rings is 2. The van der Waals surface area contributed by atoms with Gasteiger partial charge in [0, 0.05) is 54.1 Å². The van der Waals surface area contributed by atoms with Crippen molar-refractivity contribution in [3.05, 3.63) is 72.6 Å². The van der Waals surface area contributed by atoms with Gasteiger partial charge in [0.1, 0.15) is 0 Å². The molecule has 2 aliphatic heterocycles. The normalized spacial score (nSPS) is 17.4. The van der Waals surface area contributed by atoms with E-state index in [0.29, 0.717) is 26.2 Å². The first-order valence-corrected chi connectivity index (χ1v) is 12.7. The maximum Gasteiger partial charge on any atom is 0.221 e. The van der Waals surface area contributed by atoms with Crippen molar-refractivity contribution in [2.45, 2.75) is 22.0 Å². The highest BCUT2D eigenvalue weighted by Gasteiger charge is 2.33. The van der Waals surface area contributed by atoms with E-state index in [-0.39, 0.29) is 0 Å². The van der Waals surface area contributed by atoms with E-state index in [4.69, 9.17) is 0 Å². The molecule has 2 aromatic carbocycles. The van der Waals surface area contributed by atoms with Gasteiger partial charge in [0.05, 0.1) is 16.6 Å². The lowest BCUT2D eigenvalue weighted by Gasteiger charge is -2.36. The van der Waals surface area contributed by atoms with Gasteiger partial charge in [-0.3, -0.25) is 4.98 Å². The molecule has 3 aromatic rings. The van der Waals surface area contributed by atoms with Crippen molar-refractivity contribution in [2.24, 2.45) is 0 Å². The van der Waals surface area contributed by atoms with Crippen LogP contribution in [0.15, 0.2) is 76.8 Å². The number of rotatable bonds is 4. The van der Waals surface area contributed by atoms with Gasteiger partial charge in [0.25, 0.3) is 0 Å². The fourth-order valence-corrected chi connectivity index (χ4v) is 6.64. The second-order valence-corrected chi connectivity index (χ2v) is 11.1. The van der Waals surface area contributed by atoms with E-state index < -0.39 is 15.3 Å². The number of sulfonamides is 1. The second kappa shape index (κ2) is 8.18. The molecule has 31 heavy (non-hydrogen) atoms. The molecule has 8 heteroatoms. The van der Waals surface area contributed by atoms with Crippen LogP contribution in [0.25, 0.3) is 0 Å². The minimum Gasteiger partial charge on any atom is -0.369 e. The quantitative estimate of drug-likeness (QED) is 0.492. The van der Waals surface area contributed by atoms with E-state index in [9.17, 15) is 8.42 Å². The zero-order valence-electron chi connectivity index (χ0n) is 17.2. The third-order valence-corrected chi connectivity index (χ3v) is 9.33. The Labute approximate surface area is 187 Å². The van der Waals surface area contributed by atoms with Crippen LogP contribution in [0.3, 0.4) is 0 Å². The van der Waals surface area contributed by atoms with Crippen LogP contribution in [0.2, 0.25) is 0 Å². The van der Waals surface area contributed by atoms with Crippen LogP contribution in [0.5, 0.6) is 0 Å². The molecule has 0 saturated carbocycles. The fraction of sp³-hybridized carbons (Fsp3) is 0.261. The third-order valence-electron chi connectivity index (χ3n) is 5.92. The lowest BCUT2D eigenvalue weighted by atomic mass is 10.1. The van der Waals surface area contributed by atoms with Gasteiger partial charge in [0.15, 0.2) is 0 Å². The number of hydrogen-bond donors (Lipinski definition) is 1. The molecule has 0 spiro atoms. The number of hydrogen-bond acceptors (Lipinski definition) is 6. The van der Waals surface area contributed by atoms with E-state index in [2.05, 4.69) is 21.3 Å². The maximum absolute atomic E-state index is 13.4. The molecule has 1 fully saturated rings. The van der Waals surface area contributed by atoms with Gasteiger partial charge in [-0.25, -0.2) is 8.42 Å². The lowest BCUT2D eigenvalue weighted by Crippen LogP contribution is -2.49. The van der Waals surface area contributed by atoms with Crippen LogP contribution in [0.1, 0.15) is 17.7 Å². The molecule has 2 aliphatic rings. The summed E-state index contributed by atoms with van der Waals surface area (Å²) in [6.45, 7) is 4.11. The Hall–Kier alpha value is -2.55. The number of para-hydroxylation sites is 1. The number of nitrogens with zero attached hydrogens (tertiary/aromatic N) is 3. The fourth-order valence-electron chi connectivity index (χ4n) is 4.06. The Kier molecular flexibility index (Phi) is 5.37. The van der Waals surface area contributed by atoms with E-state index in [1.807, 2.05) is 48.5 Å². The third kappa shape index (κ3) is 3.91. The summed E-state index contributed by atoms with van der Waals surface area (Å²) in [4.78, 5) is 8.54. The molecule has 0 amide bonds. The Bertz CT molecular complexity index is 1190. The monoisotopic (exact) mass is 452 g/mol. The number of piperazine rings is 1. The van der Waals surface area contributed by atoms with Crippen LogP contribution < -0.4 is 10.2 Å². The largest absolute Gasteiger partial charge is 0.369 e. The number of nitrogens with one attached hydrogen (secondary N) is 1. The Morgan fingerprint density at radius 3 is 2.42 bits per heavy atom. The molecule has 0 aliphatic carbocycles. The topological polar surface area (TPSA) is 65.5 Å². The van der Waals surface area contributed by atoms with Crippen LogP contribution in [-0.4, -0.2) is 43.9 Å². The van der Waals surface area contributed by atoms with Gasteiger partial charge in [-0.15, -0.1) is 0 Å². The molecule has 5 rings (SSSR count). The Morgan fingerprint density at radius 1 is 0.935 bits per heavy atom. The zero-order chi connectivity index (χ0) is 21.4. The molecular formula is C23H24N4O2S2. The maximum atomic E-state index is 13.4. The van der Waals surface area contributed by atoms with Crippen LogP contribution in [0, 0.1) is 0 Å². The summed E-state index contributed by atoms with van der Waals surface area (Å²) in [5, 5.41) is 2.85. The number of aromatic nitrogens is 1. The van der Waals surface area contributed by atoms with Gasteiger partial charge in [-0.05, 0) is 48.9 Å². The average molecular weight is 453 g/mol. The van der Waals surface area contributed by atoms with Crippen molar-refractivity contribution in [3.63, 3.8) is 0 Å². The standard InChI is InChI=1S/C23H24N4O2S2/c1-17(18-6-7-23-21(16-18)25-20-4-2-3-5-22(20)30-23)31(28,29)27-14-12-26(13-15-27)19-8-10-24-11-9-19/h2-11,16-17,25H,12-15H2,1H3. The van der Waals surface area contributed by atoms with Gasteiger partial charge in [-0.2, -0.15) is 4.31 Å². The van der Waals surface area contributed by atoms with Crippen LogP contribution >= 0.6 is 11.8 Å². The van der Waals surface area contributed by atoms with E-state index in [1.165, 1.54) is 4.90 Å². The molecule has 3 heterocycles. The van der Waals surface area contributed by atoms with Crippen molar-refractivity contribution in [2.75, 3.05) is 36.4 Å². The molecule has 0 bridgehead atoms. The molecule has 1 atom stereocenters. The first kappa shape index (κ1) is 20.4. The predicted octanol–water partition coefficient (Wildman–Crippen LogP) is 4.50. The molecule has 1 N–H and O–H groups in total. The summed E-state index contributed by atoms with van der Waals surface area (Å²) in [5.74, 6) is 0. The molecule has 1 saturated heterocycles. The molecule has 1 unspecified atom stereocenters. The number of pyridine rings is 1. The van der Waals surface area contributed by atoms with Gasteiger partial charge < -0.3 is 10.2 Å². The average Bonchev–Trinajstić information content (AvgIpc) is 2.82. The number of anilines is 3. The summed E-state index contributed by atoms with van der Waals surface area (Å²) in [6.07, 6.45) is 3.53. The molecule has 160 valence electrons. The smallest absolute Gasteiger partial charge is 0.221 e. The highest BCUT2D eigenvalue weighted by Crippen LogP contribution is 2.45. The van der Waals surface area contributed by atoms with Gasteiger partial charge in [-0.1, -0.05) is 30.0 Å². The molecular weight excluding hydrogens is 428 g/mol. The molecule has 0 radical (unpaired) electrons. The first-order valence-electron chi connectivity index (χ1n) is 10.3. The minimum atomic E-state index is -3.45. The van der Waals surface area contributed by atoms with Crippen molar-refractivity contribution in [1.29, 1.82) is 0 Å². The summed E-state index contributed by atoms with van der Waals surface area (Å²) in [7, 11) is -3.45. The summed E-state index contributed by atoms with van der Waals surface area (Å²) >= 11 is 1.70. The molecule has 6 nitrogen and oxygen atoms in total. The van der Waals surface area contributed by atoms with E-state index >= 15 is 0 Å². The van der Waals surface area contributed by atoms with Crippen molar-refractivity contribution >= 4 is 38.8 Å². The molecule has 1 aromatic heterocycles. The minimum absolute atomic E-state index is 0.488. The number of fused-ring (bicyclic) bond motifs is 2. The zero-order valence-corrected chi connectivity index (χ0v) is 18.9. The predicted molar refractivity (Wildman–Crippen MR) is 126 cm³/mol. The van der Waals surface area contributed by atoms with Crippen molar-refractivity contribution in [1.82, 2.24) is 9.29 Å². The highest BCUT2D eigenvalue weighted by atomic mass is 32.2. The Morgan fingerprint density at radius 2 is 1.65 bits per heavy atom. The second-order valence-electron chi connectivity index (χ2n) is 7.76.